The van der Waals surface area contributed by atoms with Gasteiger partial charge in [-0.25, -0.2) is 13.1 Å². The van der Waals surface area contributed by atoms with E-state index >= 15 is 0 Å². The zero-order valence-corrected chi connectivity index (χ0v) is 13.8. The number of hydrogen-bond donors (Lipinski definition) is 2. The highest BCUT2D eigenvalue weighted by Gasteiger charge is 2.11. The van der Waals surface area contributed by atoms with Crippen LogP contribution in [0.3, 0.4) is 0 Å². The molecular formula is C14H22F2N2O3S. The Morgan fingerprint density at radius 1 is 1.18 bits per heavy atom. The minimum atomic E-state index is -3.14. The quantitative estimate of drug-likeness (QED) is 0.676. The number of ether oxygens (including phenoxy) is 1. The molecule has 1 rings (SSSR count). The van der Waals surface area contributed by atoms with Gasteiger partial charge in [0, 0.05) is 13.1 Å². The summed E-state index contributed by atoms with van der Waals surface area (Å²) in [7, 11) is -3.14. The summed E-state index contributed by atoms with van der Waals surface area (Å²) in [4.78, 5) is 0. The molecule has 1 aromatic carbocycles. The first-order valence-electron chi connectivity index (χ1n) is 6.89. The van der Waals surface area contributed by atoms with Crippen LogP contribution < -0.4 is 14.8 Å². The second-order valence-electron chi connectivity index (χ2n) is 5.13. The van der Waals surface area contributed by atoms with Crippen molar-refractivity contribution < 1.29 is 21.9 Å². The molecular weight excluding hydrogens is 314 g/mol. The monoisotopic (exact) mass is 336 g/mol. The second-order valence-corrected chi connectivity index (χ2v) is 6.97. The first-order valence-corrected chi connectivity index (χ1v) is 8.78. The van der Waals surface area contributed by atoms with E-state index in [1.54, 1.807) is 26.0 Å². The van der Waals surface area contributed by atoms with E-state index in [4.69, 9.17) is 0 Å². The Hall–Kier alpha value is -1.25. The molecule has 5 nitrogen and oxygen atoms in total. The molecule has 0 aliphatic rings. The normalized spacial score (nSPS) is 11.9. The van der Waals surface area contributed by atoms with Crippen LogP contribution in [0.2, 0.25) is 0 Å². The van der Waals surface area contributed by atoms with Gasteiger partial charge in [0.15, 0.2) is 0 Å². The average molecular weight is 336 g/mol. The van der Waals surface area contributed by atoms with Gasteiger partial charge in [0.2, 0.25) is 10.0 Å². The third-order valence-corrected chi connectivity index (χ3v) is 3.68. The van der Waals surface area contributed by atoms with Crippen molar-refractivity contribution in [1.29, 1.82) is 0 Å². The van der Waals surface area contributed by atoms with Gasteiger partial charge >= 0.3 is 6.61 Å². The Balaban J connectivity index is 2.44. The van der Waals surface area contributed by atoms with Gasteiger partial charge < -0.3 is 10.1 Å². The molecule has 2 N–H and O–H groups in total. The Morgan fingerprint density at radius 3 is 2.27 bits per heavy atom. The van der Waals surface area contributed by atoms with Gasteiger partial charge in [0.1, 0.15) is 5.75 Å². The molecule has 8 heteroatoms. The molecule has 0 aliphatic heterocycles. The Kier molecular flexibility index (Phi) is 7.18. The van der Waals surface area contributed by atoms with E-state index in [0.717, 1.165) is 11.8 Å². The maximum absolute atomic E-state index is 12.3. The van der Waals surface area contributed by atoms with E-state index in [0.29, 0.717) is 37.2 Å². The summed E-state index contributed by atoms with van der Waals surface area (Å²) >= 11 is 0. The minimum Gasteiger partial charge on any atom is -0.434 e. The number of aryl methyl sites for hydroxylation is 2. The first-order chi connectivity index (χ1) is 10.2. The molecule has 0 aliphatic carbocycles. The van der Waals surface area contributed by atoms with Gasteiger partial charge in [-0.2, -0.15) is 8.78 Å². The van der Waals surface area contributed by atoms with Crippen LogP contribution in [0.1, 0.15) is 23.1 Å². The molecule has 0 radical (unpaired) electrons. The van der Waals surface area contributed by atoms with Gasteiger partial charge in [-0.3, -0.25) is 0 Å². The lowest BCUT2D eigenvalue weighted by atomic mass is 10.1. The van der Waals surface area contributed by atoms with Crippen molar-refractivity contribution in [3.05, 3.63) is 28.8 Å². The summed E-state index contributed by atoms with van der Waals surface area (Å²) in [5.74, 6) is 0.219. The molecule has 126 valence electrons. The van der Waals surface area contributed by atoms with Crippen LogP contribution in [0, 0.1) is 13.8 Å². The summed E-state index contributed by atoms with van der Waals surface area (Å²) in [6.45, 7) is 2.23. The number of benzene rings is 1. The second kappa shape index (κ2) is 8.40. The average Bonchev–Trinajstić information content (AvgIpc) is 2.36. The third-order valence-electron chi connectivity index (χ3n) is 2.95. The van der Waals surface area contributed by atoms with Crippen LogP contribution in [0.25, 0.3) is 0 Å². The van der Waals surface area contributed by atoms with Crippen molar-refractivity contribution in [1.82, 2.24) is 10.0 Å². The molecule has 0 saturated heterocycles. The van der Waals surface area contributed by atoms with Crippen LogP contribution in [0.5, 0.6) is 5.75 Å². The van der Waals surface area contributed by atoms with Crippen molar-refractivity contribution in [3.8, 4) is 5.75 Å². The van der Waals surface area contributed by atoms with Gasteiger partial charge in [-0.15, -0.1) is 0 Å². The fraction of sp³-hybridized carbons (Fsp3) is 0.571. The van der Waals surface area contributed by atoms with Crippen LogP contribution in [-0.4, -0.2) is 34.4 Å². The summed E-state index contributed by atoms with van der Waals surface area (Å²) in [5.41, 5.74) is 2.29. The lowest BCUT2D eigenvalue weighted by Crippen LogP contribution is -2.26. The predicted octanol–water partition coefficient (Wildman–Crippen LogP) is 1.93. The molecule has 0 fully saturated rings. The fourth-order valence-corrected chi connectivity index (χ4v) is 2.64. The van der Waals surface area contributed by atoms with Crippen molar-refractivity contribution in [2.24, 2.45) is 0 Å². The number of alkyl halides is 2. The molecule has 0 bridgehead atoms. The van der Waals surface area contributed by atoms with Gasteiger partial charge in [0.05, 0.1) is 6.26 Å². The standard InChI is InChI=1S/C14H22F2N2O3S/c1-10-7-12(8-11(2)13(10)21-14(15)16)9-17-5-4-6-18-22(3,19)20/h7-8,14,17-18H,4-6,9H2,1-3H3. The zero-order valence-electron chi connectivity index (χ0n) is 12.9. The lowest BCUT2D eigenvalue weighted by Gasteiger charge is -2.13. The number of rotatable bonds is 9. The van der Waals surface area contributed by atoms with E-state index in [1.165, 1.54) is 0 Å². The molecule has 0 unspecified atom stereocenters. The Labute approximate surface area is 130 Å². The molecule has 0 heterocycles. The predicted molar refractivity (Wildman–Crippen MR) is 81.7 cm³/mol. The largest absolute Gasteiger partial charge is 0.434 e. The highest BCUT2D eigenvalue weighted by molar-refractivity contribution is 7.88. The third kappa shape index (κ3) is 7.15. The topological polar surface area (TPSA) is 67.4 Å². The summed E-state index contributed by atoms with van der Waals surface area (Å²) in [5, 5.41) is 3.18. The summed E-state index contributed by atoms with van der Waals surface area (Å²) in [6, 6.07) is 3.60. The van der Waals surface area contributed by atoms with Crippen LogP contribution >= 0.6 is 0 Å². The molecule has 22 heavy (non-hydrogen) atoms. The molecule has 0 aromatic heterocycles. The van der Waals surface area contributed by atoms with Crippen LogP contribution in [0.15, 0.2) is 12.1 Å². The highest BCUT2D eigenvalue weighted by atomic mass is 32.2. The number of halogens is 2. The molecule has 0 amide bonds. The highest BCUT2D eigenvalue weighted by Crippen LogP contribution is 2.26. The SMILES string of the molecule is Cc1cc(CNCCCNS(C)(=O)=O)cc(C)c1OC(F)F. The van der Waals surface area contributed by atoms with Crippen molar-refractivity contribution in [2.45, 2.75) is 33.4 Å². The van der Waals surface area contributed by atoms with Crippen LogP contribution in [-0.2, 0) is 16.6 Å². The van der Waals surface area contributed by atoms with Crippen LogP contribution in [0.4, 0.5) is 8.78 Å². The number of hydrogen-bond acceptors (Lipinski definition) is 4. The minimum absolute atomic E-state index is 0.219. The number of sulfonamides is 1. The zero-order chi connectivity index (χ0) is 16.8. The molecule has 0 atom stereocenters. The number of nitrogens with one attached hydrogen (secondary N) is 2. The Bertz CT molecular complexity index is 569. The van der Waals surface area contributed by atoms with E-state index < -0.39 is 16.6 Å². The first kappa shape index (κ1) is 18.8. The van der Waals surface area contributed by atoms with Gasteiger partial charge in [0.25, 0.3) is 0 Å². The summed E-state index contributed by atoms with van der Waals surface area (Å²) < 4.78 is 53.3. The Morgan fingerprint density at radius 2 is 1.77 bits per heavy atom. The van der Waals surface area contributed by atoms with E-state index in [-0.39, 0.29) is 5.75 Å². The molecule has 0 saturated carbocycles. The van der Waals surface area contributed by atoms with E-state index in [1.807, 2.05) is 0 Å². The maximum Gasteiger partial charge on any atom is 0.387 e. The van der Waals surface area contributed by atoms with Crippen molar-refractivity contribution in [2.75, 3.05) is 19.3 Å². The maximum atomic E-state index is 12.3. The fourth-order valence-electron chi connectivity index (χ4n) is 2.12. The van der Waals surface area contributed by atoms with Crippen molar-refractivity contribution in [3.63, 3.8) is 0 Å². The smallest absolute Gasteiger partial charge is 0.387 e. The summed E-state index contributed by atoms with van der Waals surface area (Å²) in [6.07, 6.45) is 1.78. The van der Waals surface area contributed by atoms with E-state index in [2.05, 4.69) is 14.8 Å². The van der Waals surface area contributed by atoms with Gasteiger partial charge in [-0.05, 0) is 43.5 Å². The van der Waals surface area contributed by atoms with Gasteiger partial charge in [-0.1, -0.05) is 12.1 Å². The van der Waals surface area contributed by atoms with E-state index in [9.17, 15) is 17.2 Å². The molecule has 0 spiro atoms. The molecule has 1 aromatic rings. The van der Waals surface area contributed by atoms with Crippen molar-refractivity contribution >= 4 is 10.0 Å². The lowest BCUT2D eigenvalue weighted by molar-refractivity contribution is -0.0507.